The molecule has 3 aromatic rings. The molecule has 1 nitrogen and oxygen atoms in total. The second kappa shape index (κ2) is 12.2. The molecule has 0 radical (unpaired) electrons. The molecule has 0 spiro atoms. The van der Waals surface area contributed by atoms with E-state index in [1.54, 1.807) is 6.07 Å². The van der Waals surface area contributed by atoms with Crippen molar-refractivity contribution >= 4 is 0 Å². The van der Waals surface area contributed by atoms with E-state index in [1.165, 1.54) is 48.4 Å². The van der Waals surface area contributed by atoms with Gasteiger partial charge in [-0.05, 0) is 92.5 Å². The maximum atomic E-state index is 14.6. The highest BCUT2D eigenvalue weighted by atomic mass is 19.2. The van der Waals surface area contributed by atoms with E-state index in [9.17, 15) is 8.78 Å². The predicted molar refractivity (Wildman–Crippen MR) is 141 cm³/mol. The molecule has 0 unspecified atom stereocenters. The van der Waals surface area contributed by atoms with Crippen molar-refractivity contribution in [3.8, 4) is 16.9 Å². The van der Waals surface area contributed by atoms with E-state index < -0.39 is 11.6 Å². The summed E-state index contributed by atoms with van der Waals surface area (Å²) in [6.45, 7) is 4.44. The Labute approximate surface area is 208 Å². The lowest BCUT2D eigenvalue weighted by atomic mass is 9.78. The Morgan fingerprint density at radius 2 is 1.57 bits per heavy atom. The van der Waals surface area contributed by atoms with Crippen LogP contribution in [0.25, 0.3) is 11.1 Å². The van der Waals surface area contributed by atoms with Crippen LogP contribution in [0.2, 0.25) is 0 Å². The topological polar surface area (TPSA) is 9.23 Å². The van der Waals surface area contributed by atoms with Crippen LogP contribution < -0.4 is 4.74 Å². The van der Waals surface area contributed by atoms with Gasteiger partial charge in [0.2, 0.25) is 5.82 Å². The van der Waals surface area contributed by atoms with Crippen LogP contribution in [0.5, 0.6) is 5.75 Å². The normalized spacial score (nSPS) is 18.2. The monoisotopic (exact) mass is 474 g/mol. The molecular formula is C32H36F2O. The molecule has 0 saturated heterocycles. The van der Waals surface area contributed by atoms with Gasteiger partial charge in [-0.3, -0.25) is 0 Å². The lowest BCUT2D eigenvalue weighted by molar-refractivity contribution is 0.295. The fourth-order valence-corrected chi connectivity index (χ4v) is 4.95. The van der Waals surface area contributed by atoms with Crippen molar-refractivity contribution in [3.05, 3.63) is 101 Å². The smallest absolute Gasteiger partial charge is 0.201 e. The highest BCUT2D eigenvalue weighted by molar-refractivity contribution is 5.65. The Kier molecular flexibility index (Phi) is 8.74. The van der Waals surface area contributed by atoms with Crippen LogP contribution in [0.15, 0.2) is 72.8 Å². The molecular weight excluding hydrogens is 438 g/mol. The summed E-state index contributed by atoms with van der Waals surface area (Å²) < 4.78 is 34.2. The minimum atomic E-state index is -0.918. The molecule has 0 N–H and O–H groups in total. The Bertz CT molecular complexity index is 1110. The highest BCUT2D eigenvalue weighted by Crippen LogP contribution is 2.36. The molecule has 0 heterocycles. The third-order valence-corrected chi connectivity index (χ3v) is 7.10. The molecule has 1 aliphatic rings. The van der Waals surface area contributed by atoms with Crippen molar-refractivity contribution in [1.29, 1.82) is 0 Å². The van der Waals surface area contributed by atoms with Crippen molar-refractivity contribution in [2.45, 2.75) is 64.7 Å². The van der Waals surface area contributed by atoms with Crippen LogP contribution >= 0.6 is 0 Å². The van der Waals surface area contributed by atoms with Gasteiger partial charge in [-0.1, -0.05) is 73.2 Å². The second-order valence-electron chi connectivity index (χ2n) is 9.77. The number of allylic oxidation sites excluding steroid dienone is 2. The van der Waals surface area contributed by atoms with Crippen molar-refractivity contribution in [3.63, 3.8) is 0 Å². The summed E-state index contributed by atoms with van der Waals surface area (Å²) in [5, 5.41) is 0. The van der Waals surface area contributed by atoms with Crippen molar-refractivity contribution in [1.82, 2.24) is 0 Å². The van der Waals surface area contributed by atoms with E-state index in [1.807, 2.05) is 31.2 Å². The highest BCUT2D eigenvalue weighted by Gasteiger charge is 2.20. The third-order valence-electron chi connectivity index (χ3n) is 7.10. The summed E-state index contributed by atoms with van der Waals surface area (Å²) in [5.41, 5.74) is 4.95. The molecule has 1 saturated carbocycles. The first kappa shape index (κ1) is 25.2. The SMILES string of the molecule is CCCOc1ccc(-c2ccc(CC/C=C/C3CCC(c4ccc(C)cc4)CC3)cc2)c(F)c1F. The lowest BCUT2D eigenvalue weighted by Gasteiger charge is -2.27. The van der Waals surface area contributed by atoms with Gasteiger partial charge < -0.3 is 4.74 Å². The molecule has 1 fully saturated rings. The van der Waals surface area contributed by atoms with Gasteiger partial charge in [0.1, 0.15) is 0 Å². The van der Waals surface area contributed by atoms with Crippen LogP contribution in [0.1, 0.15) is 68.1 Å². The molecule has 0 atom stereocenters. The molecule has 35 heavy (non-hydrogen) atoms. The fraction of sp³-hybridized carbons (Fsp3) is 0.375. The van der Waals surface area contributed by atoms with Gasteiger partial charge in [-0.25, -0.2) is 4.39 Å². The zero-order valence-electron chi connectivity index (χ0n) is 20.9. The quantitative estimate of drug-likeness (QED) is 0.281. The number of halogens is 2. The lowest BCUT2D eigenvalue weighted by Crippen LogP contribution is -2.11. The molecule has 184 valence electrons. The predicted octanol–water partition coefficient (Wildman–Crippen LogP) is 9.19. The number of hydrogen-bond acceptors (Lipinski definition) is 1. The van der Waals surface area contributed by atoms with E-state index >= 15 is 0 Å². The summed E-state index contributed by atoms with van der Waals surface area (Å²) in [5.74, 6) is -0.414. The molecule has 1 aliphatic carbocycles. The van der Waals surface area contributed by atoms with E-state index in [4.69, 9.17) is 4.74 Å². The fourth-order valence-electron chi connectivity index (χ4n) is 4.95. The third kappa shape index (κ3) is 6.60. The molecule has 0 bridgehead atoms. The Morgan fingerprint density at radius 1 is 0.857 bits per heavy atom. The summed E-state index contributed by atoms with van der Waals surface area (Å²) in [6, 6.07) is 19.9. The molecule has 0 amide bonds. The van der Waals surface area contributed by atoms with Gasteiger partial charge in [0.15, 0.2) is 11.6 Å². The average molecular weight is 475 g/mol. The standard InChI is InChI=1S/C32H36F2O/c1-3-22-35-30-21-20-29(31(33)32(30)34)28-18-12-25(13-19-28)7-5-4-6-24-10-16-27(17-11-24)26-14-8-23(2)9-15-26/h4,6,8-9,12-15,18-21,24,27H,3,5,7,10-11,16-17,22H2,1-2H3/b6-4+. The number of ether oxygens (including phenoxy) is 1. The summed E-state index contributed by atoms with van der Waals surface area (Å²) >= 11 is 0. The van der Waals surface area contributed by atoms with E-state index in [0.29, 0.717) is 24.0 Å². The maximum Gasteiger partial charge on any atom is 0.201 e. The van der Waals surface area contributed by atoms with E-state index in [-0.39, 0.29) is 11.3 Å². The van der Waals surface area contributed by atoms with Crippen LogP contribution in [0, 0.1) is 24.5 Å². The van der Waals surface area contributed by atoms with Gasteiger partial charge in [0.05, 0.1) is 6.61 Å². The van der Waals surface area contributed by atoms with Crippen molar-refractivity contribution in [2.24, 2.45) is 5.92 Å². The van der Waals surface area contributed by atoms with Crippen LogP contribution in [0.4, 0.5) is 8.78 Å². The van der Waals surface area contributed by atoms with Gasteiger partial charge in [0, 0.05) is 5.56 Å². The number of rotatable bonds is 9. The zero-order chi connectivity index (χ0) is 24.6. The van der Waals surface area contributed by atoms with Gasteiger partial charge in [-0.15, -0.1) is 0 Å². The van der Waals surface area contributed by atoms with Crippen LogP contribution in [0.3, 0.4) is 0 Å². The van der Waals surface area contributed by atoms with Crippen molar-refractivity contribution < 1.29 is 13.5 Å². The van der Waals surface area contributed by atoms with Crippen LogP contribution in [-0.2, 0) is 6.42 Å². The minimum absolute atomic E-state index is 0.0276. The zero-order valence-corrected chi connectivity index (χ0v) is 20.9. The minimum Gasteiger partial charge on any atom is -0.490 e. The summed E-state index contributed by atoms with van der Waals surface area (Å²) in [4.78, 5) is 0. The molecule has 4 rings (SSSR count). The molecule has 3 aromatic carbocycles. The summed E-state index contributed by atoms with van der Waals surface area (Å²) in [7, 11) is 0. The largest absolute Gasteiger partial charge is 0.490 e. The average Bonchev–Trinajstić information content (AvgIpc) is 2.89. The van der Waals surface area contributed by atoms with Crippen LogP contribution in [-0.4, -0.2) is 6.61 Å². The van der Waals surface area contributed by atoms with Gasteiger partial charge >= 0.3 is 0 Å². The number of aryl methyl sites for hydroxylation is 2. The Hall–Kier alpha value is -2.94. The Balaban J connectivity index is 1.25. The first-order valence-electron chi connectivity index (χ1n) is 13.0. The summed E-state index contributed by atoms with van der Waals surface area (Å²) in [6.07, 6.45) is 12.4. The van der Waals surface area contributed by atoms with Crippen molar-refractivity contribution in [2.75, 3.05) is 6.61 Å². The van der Waals surface area contributed by atoms with E-state index in [2.05, 4.69) is 43.3 Å². The maximum absolute atomic E-state index is 14.6. The molecule has 0 aromatic heterocycles. The first-order chi connectivity index (χ1) is 17.0. The van der Waals surface area contributed by atoms with E-state index in [0.717, 1.165) is 19.3 Å². The second-order valence-corrected chi connectivity index (χ2v) is 9.77. The number of hydrogen-bond donors (Lipinski definition) is 0. The van der Waals surface area contributed by atoms with Gasteiger partial charge in [0.25, 0.3) is 0 Å². The molecule has 3 heteroatoms. The Morgan fingerprint density at radius 3 is 2.26 bits per heavy atom. The number of benzene rings is 3. The molecule has 0 aliphatic heterocycles. The first-order valence-corrected chi connectivity index (χ1v) is 13.0. The van der Waals surface area contributed by atoms with Gasteiger partial charge in [-0.2, -0.15) is 4.39 Å².